The third-order valence-electron chi connectivity index (χ3n) is 5.15. The Bertz CT molecular complexity index is 995. The van der Waals surface area contributed by atoms with Gasteiger partial charge in [0.1, 0.15) is 11.8 Å². The molecule has 0 aliphatic carbocycles. The highest BCUT2D eigenvalue weighted by molar-refractivity contribution is 5.96. The SMILES string of the molecule is CC(CCc1ccccc1)NC(=O)c1c(C#N)ccn1-c1ccc(C(C)C)cc1. The van der Waals surface area contributed by atoms with Gasteiger partial charge in [0.2, 0.25) is 0 Å². The zero-order chi connectivity index (χ0) is 20.8. The van der Waals surface area contributed by atoms with Crippen molar-refractivity contribution in [1.29, 1.82) is 5.26 Å². The Morgan fingerprint density at radius 1 is 1.03 bits per heavy atom. The van der Waals surface area contributed by atoms with E-state index in [1.165, 1.54) is 11.1 Å². The molecule has 4 heteroatoms. The Morgan fingerprint density at radius 3 is 2.34 bits per heavy atom. The van der Waals surface area contributed by atoms with Crippen LogP contribution in [0.4, 0.5) is 0 Å². The maximum Gasteiger partial charge on any atom is 0.269 e. The fraction of sp³-hybridized carbons (Fsp3) is 0.280. The van der Waals surface area contributed by atoms with Crippen molar-refractivity contribution in [2.45, 2.75) is 45.6 Å². The number of hydrogen-bond donors (Lipinski definition) is 1. The van der Waals surface area contributed by atoms with Gasteiger partial charge >= 0.3 is 0 Å². The van der Waals surface area contributed by atoms with E-state index in [4.69, 9.17) is 0 Å². The van der Waals surface area contributed by atoms with Crippen LogP contribution in [0.3, 0.4) is 0 Å². The second kappa shape index (κ2) is 9.25. The van der Waals surface area contributed by atoms with Crippen LogP contribution in [0.1, 0.15) is 60.3 Å². The summed E-state index contributed by atoms with van der Waals surface area (Å²) in [6.07, 6.45) is 3.51. The van der Waals surface area contributed by atoms with Gasteiger partial charge in [-0.1, -0.05) is 56.3 Å². The first-order valence-electron chi connectivity index (χ1n) is 10.1. The number of nitrogens with one attached hydrogen (secondary N) is 1. The van der Waals surface area contributed by atoms with Crippen molar-refractivity contribution in [2.24, 2.45) is 0 Å². The average Bonchev–Trinajstić information content (AvgIpc) is 3.17. The molecule has 1 aromatic heterocycles. The van der Waals surface area contributed by atoms with Gasteiger partial charge in [0.05, 0.1) is 5.56 Å². The minimum atomic E-state index is -0.222. The molecule has 148 valence electrons. The number of rotatable bonds is 7. The maximum atomic E-state index is 13.0. The van der Waals surface area contributed by atoms with E-state index in [9.17, 15) is 10.1 Å². The van der Waals surface area contributed by atoms with Crippen molar-refractivity contribution in [3.05, 3.63) is 89.2 Å². The summed E-state index contributed by atoms with van der Waals surface area (Å²) < 4.78 is 1.79. The normalized spacial score (nSPS) is 11.8. The molecule has 1 atom stereocenters. The van der Waals surface area contributed by atoms with Gasteiger partial charge in [-0.3, -0.25) is 4.79 Å². The van der Waals surface area contributed by atoms with Crippen LogP contribution in [-0.4, -0.2) is 16.5 Å². The first kappa shape index (κ1) is 20.4. The van der Waals surface area contributed by atoms with Gasteiger partial charge in [0.15, 0.2) is 0 Å². The molecule has 1 heterocycles. The summed E-state index contributed by atoms with van der Waals surface area (Å²) in [5.41, 5.74) is 4.13. The molecule has 3 aromatic rings. The molecule has 0 aliphatic heterocycles. The molecule has 0 spiro atoms. The van der Waals surface area contributed by atoms with Crippen LogP contribution in [0.15, 0.2) is 66.9 Å². The number of aromatic nitrogens is 1. The smallest absolute Gasteiger partial charge is 0.269 e. The third kappa shape index (κ3) is 4.94. The monoisotopic (exact) mass is 385 g/mol. The van der Waals surface area contributed by atoms with E-state index in [-0.39, 0.29) is 11.9 Å². The summed E-state index contributed by atoms with van der Waals surface area (Å²) in [7, 11) is 0. The summed E-state index contributed by atoms with van der Waals surface area (Å²) >= 11 is 0. The minimum absolute atomic E-state index is 0.000848. The molecule has 3 rings (SSSR count). The Morgan fingerprint density at radius 2 is 1.72 bits per heavy atom. The molecule has 4 nitrogen and oxygen atoms in total. The van der Waals surface area contributed by atoms with Crippen LogP contribution >= 0.6 is 0 Å². The van der Waals surface area contributed by atoms with Gasteiger partial charge in [0.25, 0.3) is 5.91 Å². The quantitative estimate of drug-likeness (QED) is 0.606. The fourth-order valence-corrected chi connectivity index (χ4v) is 3.38. The van der Waals surface area contributed by atoms with Crippen molar-refractivity contribution in [1.82, 2.24) is 9.88 Å². The fourth-order valence-electron chi connectivity index (χ4n) is 3.38. The second-order valence-electron chi connectivity index (χ2n) is 7.70. The molecule has 0 saturated carbocycles. The molecule has 0 bridgehead atoms. The standard InChI is InChI=1S/C25H27N3O/c1-18(2)21-11-13-23(14-12-21)28-16-15-22(17-26)24(28)25(29)27-19(3)9-10-20-7-5-4-6-8-20/h4-8,11-16,18-19H,9-10H2,1-3H3,(H,27,29). The summed E-state index contributed by atoms with van der Waals surface area (Å²) in [5, 5.41) is 12.5. The van der Waals surface area contributed by atoms with Crippen molar-refractivity contribution >= 4 is 5.91 Å². The number of nitriles is 1. The highest BCUT2D eigenvalue weighted by Crippen LogP contribution is 2.21. The molecular weight excluding hydrogens is 358 g/mol. The Labute approximate surface area is 172 Å². The number of carbonyl (C=O) groups is 1. The molecule has 1 unspecified atom stereocenters. The van der Waals surface area contributed by atoms with Gasteiger partial charge in [-0.15, -0.1) is 0 Å². The first-order chi connectivity index (χ1) is 14.0. The van der Waals surface area contributed by atoms with Crippen molar-refractivity contribution in [3.8, 4) is 11.8 Å². The molecule has 29 heavy (non-hydrogen) atoms. The highest BCUT2D eigenvalue weighted by atomic mass is 16.2. The van der Waals surface area contributed by atoms with E-state index in [1.54, 1.807) is 16.8 Å². The lowest BCUT2D eigenvalue weighted by Gasteiger charge is -2.16. The number of hydrogen-bond acceptors (Lipinski definition) is 2. The number of nitrogens with zero attached hydrogens (tertiary/aromatic N) is 2. The van der Waals surface area contributed by atoms with Gasteiger partial charge in [-0.25, -0.2) is 0 Å². The highest BCUT2D eigenvalue weighted by Gasteiger charge is 2.20. The Kier molecular flexibility index (Phi) is 6.51. The van der Waals surface area contributed by atoms with Crippen LogP contribution in [-0.2, 0) is 6.42 Å². The largest absolute Gasteiger partial charge is 0.348 e. The number of carbonyl (C=O) groups excluding carboxylic acids is 1. The number of amides is 1. The predicted molar refractivity (Wildman–Crippen MR) is 116 cm³/mol. The lowest BCUT2D eigenvalue weighted by atomic mass is 10.0. The van der Waals surface area contributed by atoms with E-state index in [2.05, 4.69) is 49.5 Å². The van der Waals surface area contributed by atoms with Gasteiger partial charge < -0.3 is 9.88 Å². The van der Waals surface area contributed by atoms with E-state index < -0.39 is 0 Å². The molecule has 2 aromatic carbocycles. The topological polar surface area (TPSA) is 57.8 Å². The van der Waals surface area contributed by atoms with Gasteiger partial charge in [0, 0.05) is 17.9 Å². The van der Waals surface area contributed by atoms with Crippen LogP contribution < -0.4 is 5.32 Å². The van der Waals surface area contributed by atoms with Crippen molar-refractivity contribution in [3.63, 3.8) is 0 Å². The molecule has 0 fully saturated rings. The summed E-state index contributed by atoms with van der Waals surface area (Å²) in [5.74, 6) is 0.219. The van der Waals surface area contributed by atoms with E-state index in [1.807, 2.05) is 37.3 Å². The molecule has 0 saturated heterocycles. The van der Waals surface area contributed by atoms with Crippen LogP contribution in [0.2, 0.25) is 0 Å². The predicted octanol–water partition coefficient (Wildman–Crippen LogP) is 5.22. The zero-order valence-electron chi connectivity index (χ0n) is 17.2. The van der Waals surface area contributed by atoms with Gasteiger partial charge in [-0.2, -0.15) is 5.26 Å². The van der Waals surface area contributed by atoms with E-state index >= 15 is 0 Å². The molecule has 1 N–H and O–H groups in total. The Hall–Kier alpha value is -3.32. The lowest BCUT2D eigenvalue weighted by molar-refractivity contribution is 0.0931. The number of aryl methyl sites for hydroxylation is 1. The maximum absolute atomic E-state index is 13.0. The molecular formula is C25H27N3O. The molecule has 0 aliphatic rings. The number of benzene rings is 2. The van der Waals surface area contributed by atoms with Crippen molar-refractivity contribution < 1.29 is 4.79 Å². The first-order valence-corrected chi connectivity index (χ1v) is 10.1. The zero-order valence-corrected chi connectivity index (χ0v) is 17.2. The van der Waals surface area contributed by atoms with Crippen LogP contribution in [0.5, 0.6) is 0 Å². The minimum Gasteiger partial charge on any atom is -0.348 e. The summed E-state index contributed by atoms with van der Waals surface area (Å²) in [4.78, 5) is 13.0. The summed E-state index contributed by atoms with van der Waals surface area (Å²) in [6.45, 7) is 6.29. The van der Waals surface area contributed by atoms with Crippen LogP contribution in [0.25, 0.3) is 5.69 Å². The molecule has 0 radical (unpaired) electrons. The summed E-state index contributed by atoms with van der Waals surface area (Å²) in [6, 6.07) is 22.2. The van der Waals surface area contributed by atoms with E-state index in [0.717, 1.165) is 18.5 Å². The molecule has 1 amide bonds. The average molecular weight is 386 g/mol. The lowest BCUT2D eigenvalue weighted by Crippen LogP contribution is -2.34. The third-order valence-corrected chi connectivity index (χ3v) is 5.15. The van der Waals surface area contributed by atoms with E-state index in [0.29, 0.717) is 17.2 Å². The van der Waals surface area contributed by atoms with Crippen LogP contribution in [0, 0.1) is 11.3 Å². The second-order valence-corrected chi connectivity index (χ2v) is 7.70. The Balaban J connectivity index is 1.76. The van der Waals surface area contributed by atoms with Gasteiger partial charge in [-0.05, 0) is 55.0 Å². The van der Waals surface area contributed by atoms with Crippen molar-refractivity contribution in [2.75, 3.05) is 0 Å².